The van der Waals surface area contributed by atoms with Gasteiger partial charge >= 0.3 is 5.69 Å². The van der Waals surface area contributed by atoms with Crippen LogP contribution in [0.5, 0.6) is 11.5 Å². The van der Waals surface area contributed by atoms with Crippen LogP contribution in [0.2, 0.25) is 0 Å². The Morgan fingerprint density at radius 3 is 2.60 bits per heavy atom. The molecule has 2 aliphatic heterocycles. The summed E-state index contributed by atoms with van der Waals surface area (Å²) in [5, 5.41) is 3.27. The molecule has 0 radical (unpaired) electrons. The van der Waals surface area contributed by atoms with Crippen molar-refractivity contribution in [2.24, 2.45) is 7.05 Å². The molecule has 0 bridgehead atoms. The minimum atomic E-state index is -0.0834. The quantitative estimate of drug-likeness (QED) is 0.480. The van der Waals surface area contributed by atoms with Crippen LogP contribution in [-0.4, -0.2) is 50.5 Å². The maximum Gasteiger partial charge on any atom is 0.330 e. The van der Waals surface area contributed by atoms with Crippen molar-refractivity contribution in [3.05, 3.63) is 52.7 Å². The van der Waals surface area contributed by atoms with E-state index in [1.807, 2.05) is 37.3 Å². The first-order valence-corrected chi connectivity index (χ1v) is 11.7. The molecular formula is C25H26N6O4. The van der Waals surface area contributed by atoms with E-state index in [2.05, 4.69) is 10.3 Å². The summed E-state index contributed by atoms with van der Waals surface area (Å²) >= 11 is 0. The van der Waals surface area contributed by atoms with Gasteiger partial charge in [-0.3, -0.25) is 14.1 Å². The van der Waals surface area contributed by atoms with Crippen LogP contribution in [-0.2, 0) is 11.8 Å². The summed E-state index contributed by atoms with van der Waals surface area (Å²) in [4.78, 5) is 26.9. The molecule has 0 aliphatic carbocycles. The van der Waals surface area contributed by atoms with E-state index in [-0.39, 0.29) is 11.7 Å². The number of rotatable bonds is 4. The van der Waals surface area contributed by atoms with Gasteiger partial charge < -0.3 is 19.5 Å². The number of aryl methyl sites for hydroxylation is 2. The van der Waals surface area contributed by atoms with E-state index in [0.717, 1.165) is 47.0 Å². The summed E-state index contributed by atoms with van der Waals surface area (Å²) in [5.74, 6) is 1.90. The first-order valence-electron chi connectivity index (χ1n) is 11.7. The molecular weight excluding hydrogens is 448 g/mol. The lowest BCUT2D eigenvalue weighted by atomic mass is 10.1. The van der Waals surface area contributed by atoms with E-state index >= 15 is 0 Å². The smallest absolute Gasteiger partial charge is 0.330 e. The topological polar surface area (TPSA) is 105 Å². The fraction of sp³-hybridized carbons (Fsp3) is 0.360. The number of ether oxygens (including phenoxy) is 3. The Bertz CT molecular complexity index is 1470. The Hall–Kier alpha value is -3.92. The van der Waals surface area contributed by atoms with Crippen molar-refractivity contribution in [2.45, 2.75) is 25.8 Å². The second-order valence-corrected chi connectivity index (χ2v) is 8.77. The van der Waals surface area contributed by atoms with Crippen LogP contribution in [0.1, 0.15) is 24.6 Å². The largest absolute Gasteiger partial charge is 0.486 e. The second-order valence-electron chi connectivity index (χ2n) is 8.77. The van der Waals surface area contributed by atoms with E-state index in [1.54, 1.807) is 22.4 Å². The number of nitrogens with one attached hydrogen (secondary N) is 1. The number of hydrogen-bond acceptors (Lipinski definition) is 8. The second kappa shape index (κ2) is 8.70. The summed E-state index contributed by atoms with van der Waals surface area (Å²) in [6.45, 7) is 4.32. The molecule has 0 saturated carbocycles. The van der Waals surface area contributed by atoms with Crippen LogP contribution < -0.4 is 20.5 Å². The van der Waals surface area contributed by atoms with Gasteiger partial charge in [0.25, 0.3) is 0 Å². The van der Waals surface area contributed by atoms with Crippen molar-refractivity contribution in [1.82, 2.24) is 24.1 Å². The standard InChI is InChI=1S/C25H26N6O4/c1-15-18(4-5-19(27-15)16-3-6-21-22(13-16)35-12-11-34-21)28-24-26-14-20-23(29-24)31(25(32)30(20)2)17-7-9-33-10-8-17/h3-6,13-14,17H,7-12H2,1-2H3,(H,26,28,29). The molecule has 2 aliphatic rings. The van der Waals surface area contributed by atoms with Gasteiger partial charge in [-0.2, -0.15) is 4.98 Å². The molecule has 35 heavy (non-hydrogen) atoms. The van der Waals surface area contributed by atoms with Gasteiger partial charge in [-0.1, -0.05) is 0 Å². The van der Waals surface area contributed by atoms with Crippen molar-refractivity contribution in [1.29, 1.82) is 0 Å². The third-order valence-corrected chi connectivity index (χ3v) is 6.56. The van der Waals surface area contributed by atoms with Gasteiger partial charge in [0.05, 0.1) is 23.3 Å². The predicted molar refractivity (Wildman–Crippen MR) is 131 cm³/mol. The highest BCUT2D eigenvalue weighted by Crippen LogP contribution is 2.34. The predicted octanol–water partition coefficient (Wildman–Crippen LogP) is 3.37. The molecule has 0 atom stereocenters. The van der Waals surface area contributed by atoms with E-state index in [4.69, 9.17) is 24.2 Å². The van der Waals surface area contributed by atoms with Crippen molar-refractivity contribution in [2.75, 3.05) is 31.7 Å². The molecule has 4 aromatic rings. The van der Waals surface area contributed by atoms with Gasteiger partial charge in [-0.05, 0) is 50.1 Å². The van der Waals surface area contributed by atoms with Gasteiger partial charge in [0.2, 0.25) is 5.95 Å². The SMILES string of the molecule is Cc1nc(-c2ccc3c(c2)OCCO3)ccc1Nc1ncc2c(n1)n(C1CCOCC1)c(=O)n2C. The summed E-state index contributed by atoms with van der Waals surface area (Å²) in [7, 11) is 1.75. The first kappa shape index (κ1) is 21.6. The summed E-state index contributed by atoms with van der Waals surface area (Å²) < 4.78 is 20.2. The molecule has 0 spiro atoms. The maximum atomic E-state index is 12.9. The number of fused-ring (bicyclic) bond motifs is 2. The number of aromatic nitrogens is 5. The monoisotopic (exact) mass is 474 g/mol. The number of pyridine rings is 1. The van der Waals surface area contributed by atoms with E-state index in [0.29, 0.717) is 43.5 Å². The molecule has 3 aromatic heterocycles. The van der Waals surface area contributed by atoms with E-state index in [1.165, 1.54) is 0 Å². The van der Waals surface area contributed by atoms with Crippen LogP contribution in [0.25, 0.3) is 22.4 Å². The zero-order valence-electron chi connectivity index (χ0n) is 19.7. The lowest BCUT2D eigenvalue weighted by molar-refractivity contribution is 0.0695. The van der Waals surface area contributed by atoms with Crippen molar-refractivity contribution >= 4 is 22.8 Å². The number of anilines is 2. The molecule has 1 saturated heterocycles. The molecule has 1 N–H and O–H groups in total. The number of nitrogens with zero attached hydrogens (tertiary/aromatic N) is 5. The molecule has 180 valence electrons. The zero-order valence-corrected chi connectivity index (χ0v) is 19.7. The third kappa shape index (κ3) is 3.89. The third-order valence-electron chi connectivity index (χ3n) is 6.56. The summed E-state index contributed by atoms with van der Waals surface area (Å²) in [6, 6.07) is 9.80. The van der Waals surface area contributed by atoms with Crippen LogP contribution in [0, 0.1) is 6.92 Å². The average Bonchev–Trinajstić information content (AvgIpc) is 3.14. The van der Waals surface area contributed by atoms with E-state index < -0.39 is 0 Å². The Morgan fingerprint density at radius 2 is 1.80 bits per heavy atom. The van der Waals surface area contributed by atoms with Crippen molar-refractivity contribution < 1.29 is 14.2 Å². The number of benzene rings is 1. The fourth-order valence-corrected chi connectivity index (χ4v) is 4.65. The highest BCUT2D eigenvalue weighted by Gasteiger charge is 2.23. The van der Waals surface area contributed by atoms with Crippen LogP contribution >= 0.6 is 0 Å². The van der Waals surface area contributed by atoms with Crippen LogP contribution in [0.4, 0.5) is 11.6 Å². The molecule has 10 heteroatoms. The molecule has 1 aromatic carbocycles. The Balaban J connectivity index is 1.30. The minimum absolute atomic E-state index is 0.0661. The minimum Gasteiger partial charge on any atom is -0.486 e. The average molecular weight is 475 g/mol. The normalized spacial score (nSPS) is 15.9. The number of imidazole rings is 1. The summed E-state index contributed by atoms with van der Waals surface area (Å²) in [5.41, 5.74) is 4.62. The van der Waals surface area contributed by atoms with Gasteiger partial charge in [0, 0.05) is 31.9 Å². The summed E-state index contributed by atoms with van der Waals surface area (Å²) in [6.07, 6.45) is 3.26. The van der Waals surface area contributed by atoms with Crippen molar-refractivity contribution in [3.8, 4) is 22.8 Å². The maximum absolute atomic E-state index is 12.9. The number of hydrogen-bond donors (Lipinski definition) is 1. The van der Waals surface area contributed by atoms with Gasteiger partial charge in [-0.15, -0.1) is 0 Å². The molecule has 0 amide bonds. The lowest BCUT2D eigenvalue weighted by Gasteiger charge is -2.22. The highest BCUT2D eigenvalue weighted by molar-refractivity contribution is 5.73. The van der Waals surface area contributed by atoms with Gasteiger partial charge in [0.15, 0.2) is 17.1 Å². The molecule has 0 unspecified atom stereocenters. The Labute approximate surface area is 201 Å². The van der Waals surface area contributed by atoms with E-state index in [9.17, 15) is 4.79 Å². The highest BCUT2D eigenvalue weighted by atomic mass is 16.6. The van der Waals surface area contributed by atoms with Crippen LogP contribution in [0.3, 0.4) is 0 Å². The fourth-order valence-electron chi connectivity index (χ4n) is 4.65. The first-order chi connectivity index (χ1) is 17.1. The van der Waals surface area contributed by atoms with Gasteiger partial charge in [0.1, 0.15) is 18.7 Å². The molecule has 5 heterocycles. The lowest BCUT2D eigenvalue weighted by Crippen LogP contribution is -2.30. The molecule has 10 nitrogen and oxygen atoms in total. The molecule has 6 rings (SSSR count). The van der Waals surface area contributed by atoms with Crippen LogP contribution in [0.15, 0.2) is 41.3 Å². The van der Waals surface area contributed by atoms with Gasteiger partial charge in [-0.25, -0.2) is 9.78 Å². The molecule has 1 fully saturated rings. The Kier molecular flexibility index (Phi) is 5.37. The van der Waals surface area contributed by atoms with Crippen molar-refractivity contribution in [3.63, 3.8) is 0 Å². The Morgan fingerprint density at radius 1 is 1.00 bits per heavy atom. The zero-order chi connectivity index (χ0) is 23.9.